The van der Waals surface area contributed by atoms with E-state index < -0.39 is 6.04 Å². The summed E-state index contributed by atoms with van der Waals surface area (Å²) in [5.41, 5.74) is 8.37. The molecule has 3 rings (SSSR count). The van der Waals surface area contributed by atoms with Gasteiger partial charge in [-0.1, -0.05) is 18.2 Å². The number of likely N-dealkylation sites (N-methyl/N-ethyl adjacent to an activating group) is 1. The molecule has 1 aliphatic heterocycles. The Balaban J connectivity index is 0.00000208. The van der Waals surface area contributed by atoms with Gasteiger partial charge in [0.25, 0.3) is 0 Å². The van der Waals surface area contributed by atoms with Crippen molar-refractivity contribution in [1.82, 2.24) is 9.88 Å². The lowest BCUT2D eigenvalue weighted by molar-refractivity contribution is -0.133. The summed E-state index contributed by atoms with van der Waals surface area (Å²) < 4.78 is 5.64. The second kappa shape index (κ2) is 8.51. The van der Waals surface area contributed by atoms with Gasteiger partial charge in [-0.25, -0.2) is 0 Å². The lowest BCUT2D eigenvalue weighted by Gasteiger charge is -2.26. The molecule has 1 unspecified atom stereocenters. The Hall–Kier alpha value is -1.56. The Bertz CT molecular complexity index is 667. The number of carbonyl (C=O) groups excluding carboxylic acids is 1. The Labute approximate surface area is 148 Å². The standard InChI is InChI=1S/C18H25N3O2.ClH/c1-2-21(12-14-6-5-9-23-14)18(22)16(19)10-13-11-20-17-8-4-3-7-15(13)17;/h3-4,7-8,11,14,16,20H,2,5-6,9-10,12,19H2,1H3;1H/t14?,16-;/m0./s1. The van der Waals surface area contributed by atoms with Crippen molar-refractivity contribution in [2.24, 2.45) is 5.73 Å². The van der Waals surface area contributed by atoms with Crippen molar-refractivity contribution in [2.45, 2.75) is 38.3 Å². The van der Waals surface area contributed by atoms with Crippen LogP contribution in [0.25, 0.3) is 10.9 Å². The van der Waals surface area contributed by atoms with E-state index in [9.17, 15) is 4.79 Å². The number of aromatic nitrogens is 1. The molecule has 1 fully saturated rings. The molecule has 1 aliphatic rings. The first-order valence-corrected chi connectivity index (χ1v) is 8.40. The van der Waals surface area contributed by atoms with Gasteiger partial charge in [-0.15, -0.1) is 12.4 Å². The van der Waals surface area contributed by atoms with E-state index in [2.05, 4.69) is 11.1 Å². The van der Waals surface area contributed by atoms with E-state index in [0.29, 0.717) is 19.5 Å². The maximum atomic E-state index is 12.7. The molecule has 2 atom stereocenters. The van der Waals surface area contributed by atoms with Gasteiger partial charge in [-0.05, 0) is 37.8 Å². The molecule has 0 spiro atoms. The van der Waals surface area contributed by atoms with Crippen molar-refractivity contribution in [2.75, 3.05) is 19.7 Å². The number of halogens is 1. The number of nitrogens with one attached hydrogen (secondary N) is 1. The Morgan fingerprint density at radius 1 is 1.46 bits per heavy atom. The second-order valence-electron chi connectivity index (χ2n) is 6.18. The molecule has 0 radical (unpaired) electrons. The van der Waals surface area contributed by atoms with Crippen molar-refractivity contribution < 1.29 is 9.53 Å². The van der Waals surface area contributed by atoms with Crippen molar-refractivity contribution in [1.29, 1.82) is 0 Å². The molecule has 24 heavy (non-hydrogen) atoms. The number of hydrogen-bond donors (Lipinski definition) is 2. The van der Waals surface area contributed by atoms with E-state index in [1.165, 1.54) is 0 Å². The fraction of sp³-hybridized carbons (Fsp3) is 0.500. The lowest BCUT2D eigenvalue weighted by atomic mass is 10.0. The predicted molar refractivity (Wildman–Crippen MR) is 98.5 cm³/mol. The quantitative estimate of drug-likeness (QED) is 0.839. The van der Waals surface area contributed by atoms with Gasteiger partial charge >= 0.3 is 0 Å². The smallest absolute Gasteiger partial charge is 0.239 e. The van der Waals surface area contributed by atoms with Crippen LogP contribution in [0, 0.1) is 0 Å². The maximum absolute atomic E-state index is 12.7. The number of aromatic amines is 1. The van der Waals surface area contributed by atoms with Crippen LogP contribution >= 0.6 is 12.4 Å². The highest BCUT2D eigenvalue weighted by Crippen LogP contribution is 2.19. The monoisotopic (exact) mass is 351 g/mol. The second-order valence-corrected chi connectivity index (χ2v) is 6.18. The van der Waals surface area contributed by atoms with E-state index in [0.717, 1.165) is 35.9 Å². The molecular formula is C18H26ClN3O2. The number of carbonyl (C=O) groups is 1. The molecule has 3 N–H and O–H groups in total. The molecule has 2 aromatic rings. The Morgan fingerprint density at radius 3 is 2.96 bits per heavy atom. The SMILES string of the molecule is CCN(CC1CCCO1)C(=O)[C@@H](N)Cc1c[nH]c2ccccc12.Cl. The summed E-state index contributed by atoms with van der Waals surface area (Å²) in [6.07, 6.45) is 4.78. The van der Waals surface area contributed by atoms with Gasteiger partial charge < -0.3 is 20.4 Å². The van der Waals surface area contributed by atoms with Crippen molar-refractivity contribution in [3.63, 3.8) is 0 Å². The van der Waals surface area contributed by atoms with Gasteiger partial charge in [-0.3, -0.25) is 4.79 Å². The first-order chi connectivity index (χ1) is 11.2. The van der Waals surface area contributed by atoms with Crippen molar-refractivity contribution in [3.05, 3.63) is 36.0 Å². The number of benzene rings is 1. The van der Waals surface area contributed by atoms with E-state index in [4.69, 9.17) is 10.5 Å². The Kier molecular flexibility index (Phi) is 6.66. The number of hydrogen-bond acceptors (Lipinski definition) is 3. The van der Waals surface area contributed by atoms with E-state index in [1.807, 2.05) is 36.2 Å². The van der Waals surface area contributed by atoms with Crippen LogP contribution < -0.4 is 5.73 Å². The van der Waals surface area contributed by atoms with Gasteiger partial charge in [0, 0.05) is 36.8 Å². The third-order valence-electron chi connectivity index (χ3n) is 4.57. The fourth-order valence-corrected chi connectivity index (χ4v) is 3.27. The van der Waals surface area contributed by atoms with Gasteiger partial charge in [0.05, 0.1) is 12.1 Å². The van der Waals surface area contributed by atoms with E-state index in [-0.39, 0.29) is 24.4 Å². The summed E-state index contributed by atoms with van der Waals surface area (Å²) in [4.78, 5) is 17.7. The third-order valence-corrected chi connectivity index (χ3v) is 4.57. The molecule has 0 bridgehead atoms. The van der Waals surface area contributed by atoms with Gasteiger partial charge in [-0.2, -0.15) is 0 Å². The molecule has 1 saturated heterocycles. The largest absolute Gasteiger partial charge is 0.376 e. The highest BCUT2D eigenvalue weighted by molar-refractivity contribution is 5.86. The normalized spacial score (nSPS) is 18.3. The highest BCUT2D eigenvalue weighted by atomic mass is 35.5. The zero-order valence-electron chi connectivity index (χ0n) is 14.0. The molecule has 132 valence electrons. The van der Waals surface area contributed by atoms with Crippen LogP contribution in [-0.2, 0) is 16.0 Å². The number of nitrogens with zero attached hydrogens (tertiary/aromatic N) is 1. The van der Waals surface area contributed by atoms with Gasteiger partial charge in [0.1, 0.15) is 0 Å². The average Bonchev–Trinajstić information content (AvgIpc) is 3.22. The molecule has 1 aromatic heterocycles. The predicted octanol–water partition coefficient (Wildman–Crippen LogP) is 2.49. The minimum Gasteiger partial charge on any atom is -0.376 e. The molecule has 1 amide bonds. The van der Waals surface area contributed by atoms with E-state index in [1.54, 1.807) is 0 Å². The Morgan fingerprint density at radius 2 is 2.25 bits per heavy atom. The van der Waals surface area contributed by atoms with Crippen LogP contribution in [0.5, 0.6) is 0 Å². The van der Waals surface area contributed by atoms with Gasteiger partial charge in [0.15, 0.2) is 0 Å². The third kappa shape index (κ3) is 4.09. The number of rotatable bonds is 6. The average molecular weight is 352 g/mol. The topological polar surface area (TPSA) is 71.3 Å². The molecular weight excluding hydrogens is 326 g/mol. The number of nitrogens with two attached hydrogens (primary N) is 1. The zero-order chi connectivity index (χ0) is 16.2. The van der Waals surface area contributed by atoms with Gasteiger partial charge in [0.2, 0.25) is 5.91 Å². The first kappa shape index (κ1) is 18.8. The number of amides is 1. The summed E-state index contributed by atoms with van der Waals surface area (Å²) in [7, 11) is 0. The van der Waals surface area contributed by atoms with Crippen LogP contribution in [0.2, 0.25) is 0 Å². The van der Waals surface area contributed by atoms with Crippen molar-refractivity contribution >= 4 is 29.2 Å². The zero-order valence-corrected chi connectivity index (χ0v) is 14.8. The van der Waals surface area contributed by atoms with Crippen LogP contribution in [0.4, 0.5) is 0 Å². The van der Waals surface area contributed by atoms with Crippen LogP contribution in [0.3, 0.4) is 0 Å². The molecule has 0 saturated carbocycles. The summed E-state index contributed by atoms with van der Waals surface area (Å²) in [6, 6.07) is 7.57. The number of H-pyrrole nitrogens is 1. The molecule has 5 nitrogen and oxygen atoms in total. The molecule has 6 heteroatoms. The molecule has 2 heterocycles. The van der Waals surface area contributed by atoms with Crippen LogP contribution in [-0.4, -0.2) is 47.6 Å². The summed E-state index contributed by atoms with van der Waals surface area (Å²) in [6.45, 7) is 4.11. The maximum Gasteiger partial charge on any atom is 0.239 e. The fourth-order valence-electron chi connectivity index (χ4n) is 3.27. The number of ether oxygens (including phenoxy) is 1. The minimum absolute atomic E-state index is 0. The van der Waals surface area contributed by atoms with Crippen LogP contribution in [0.1, 0.15) is 25.3 Å². The summed E-state index contributed by atoms with van der Waals surface area (Å²) in [5, 5.41) is 1.14. The highest BCUT2D eigenvalue weighted by Gasteiger charge is 2.25. The van der Waals surface area contributed by atoms with Crippen LogP contribution in [0.15, 0.2) is 30.5 Å². The van der Waals surface area contributed by atoms with Crippen molar-refractivity contribution in [3.8, 4) is 0 Å². The summed E-state index contributed by atoms with van der Waals surface area (Å²) >= 11 is 0. The molecule has 1 aromatic carbocycles. The first-order valence-electron chi connectivity index (χ1n) is 8.40. The minimum atomic E-state index is -0.518. The summed E-state index contributed by atoms with van der Waals surface area (Å²) in [5.74, 6) is 0.00767. The number of fused-ring (bicyclic) bond motifs is 1. The number of para-hydroxylation sites is 1. The molecule has 0 aliphatic carbocycles. The van der Waals surface area contributed by atoms with E-state index >= 15 is 0 Å². The lowest BCUT2D eigenvalue weighted by Crippen LogP contribution is -2.47.